The summed E-state index contributed by atoms with van der Waals surface area (Å²) in [5.41, 5.74) is 9.68. The van der Waals surface area contributed by atoms with Crippen LogP contribution in [-0.2, 0) is 13.1 Å². The average Bonchev–Trinajstić information content (AvgIpc) is 2.36. The number of aryl methyl sites for hydroxylation is 2. The summed E-state index contributed by atoms with van der Waals surface area (Å²) in [6, 6.07) is 9.32. The van der Waals surface area contributed by atoms with Gasteiger partial charge in [-0.3, -0.25) is 4.79 Å². The van der Waals surface area contributed by atoms with Gasteiger partial charge < -0.3 is 5.73 Å². The topological polar surface area (TPSA) is 60.9 Å². The molecule has 0 fully saturated rings. The molecule has 0 saturated heterocycles. The fraction of sp³-hybridized carbons (Fsp3) is 0.286. The third kappa shape index (κ3) is 2.65. The van der Waals surface area contributed by atoms with Gasteiger partial charge in [0.2, 0.25) is 0 Å². The quantitative estimate of drug-likeness (QED) is 0.885. The Bertz CT molecular complexity index is 617. The number of nitrogens with two attached hydrogens (primary N) is 1. The fourth-order valence-electron chi connectivity index (χ4n) is 1.89. The number of nitrogens with zero attached hydrogens (tertiary/aromatic N) is 2. The zero-order valence-corrected chi connectivity index (χ0v) is 10.7. The van der Waals surface area contributed by atoms with Crippen molar-refractivity contribution < 1.29 is 0 Å². The van der Waals surface area contributed by atoms with Crippen LogP contribution in [0.15, 0.2) is 35.1 Å². The number of hydrogen-bond donors (Lipinski definition) is 1. The molecule has 1 aromatic heterocycles. The molecule has 2 aromatic rings. The molecular formula is C14H17N3O. The van der Waals surface area contributed by atoms with Crippen molar-refractivity contribution in [2.75, 3.05) is 0 Å². The number of rotatable bonds is 3. The van der Waals surface area contributed by atoms with Crippen LogP contribution in [-0.4, -0.2) is 9.78 Å². The van der Waals surface area contributed by atoms with Crippen LogP contribution in [0.4, 0.5) is 0 Å². The monoisotopic (exact) mass is 243 g/mol. The molecule has 0 atom stereocenters. The molecule has 0 aliphatic rings. The highest BCUT2D eigenvalue weighted by molar-refractivity contribution is 5.31. The van der Waals surface area contributed by atoms with Crippen LogP contribution in [0.5, 0.6) is 0 Å². The SMILES string of the molecule is Cc1ccc(=O)n(Cc2ccc(CN)cc2C)n1. The van der Waals surface area contributed by atoms with Gasteiger partial charge in [-0.15, -0.1) is 0 Å². The normalized spacial score (nSPS) is 10.6. The highest BCUT2D eigenvalue weighted by Crippen LogP contribution is 2.11. The Morgan fingerprint density at radius 2 is 2.00 bits per heavy atom. The molecule has 0 radical (unpaired) electrons. The van der Waals surface area contributed by atoms with Gasteiger partial charge in [0, 0.05) is 12.6 Å². The number of benzene rings is 1. The Morgan fingerprint density at radius 1 is 1.22 bits per heavy atom. The molecule has 1 aromatic carbocycles. The van der Waals surface area contributed by atoms with E-state index >= 15 is 0 Å². The van der Waals surface area contributed by atoms with Crippen LogP contribution < -0.4 is 11.3 Å². The molecule has 0 spiro atoms. The fourth-order valence-corrected chi connectivity index (χ4v) is 1.89. The first-order valence-corrected chi connectivity index (χ1v) is 5.93. The Morgan fingerprint density at radius 3 is 2.67 bits per heavy atom. The zero-order chi connectivity index (χ0) is 13.1. The van der Waals surface area contributed by atoms with Crippen LogP contribution in [0.3, 0.4) is 0 Å². The standard InChI is InChI=1S/C14H17N3O/c1-10-7-12(8-15)4-5-13(10)9-17-14(18)6-3-11(2)16-17/h3-7H,8-9,15H2,1-2H3. The lowest BCUT2D eigenvalue weighted by Crippen LogP contribution is -2.23. The lowest BCUT2D eigenvalue weighted by Gasteiger charge is -2.09. The smallest absolute Gasteiger partial charge is 0.267 e. The average molecular weight is 243 g/mol. The predicted octanol–water partition coefficient (Wildman–Crippen LogP) is 1.37. The molecule has 0 aliphatic heterocycles. The molecule has 4 heteroatoms. The maximum atomic E-state index is 11.7. The van der Waals surface area contributed by atoms with Gasteiger partial charge in [0.05, 0.1) is 12.2 Å². The van der Waals surface area contributed by atoms with Gasteiger partial charge in [0.1, 0.15) is 0 Å². The first kappa shape index (κ1) is 12.5. The van der Waals surface area contributed by atoms with Crippen molar-refractivity contribution in [2.24, 2.45) is 5.73 Å². The van der Waals surface area contributed by atoms with Crippen LogP contribution in [0.1, 0.15) is 22.4 Å². The maximum Gasteiger partial charge on any atom is 0.267 e. The van der Waals surface area contributed by atoms with Crippen LogP contribution in [0, 0.1) is 13.8 Å². The molecule has 0 saturated carbocycles. The summed E-state index contributed by atoms with van der Waals surface area (Å²) in [6.45, 7) is 4.93. The second-order valence-electron chi connectivity index (χ2n) is 4.44. The van der Waals surface area contributed by atoms with Gasteiger partial charge in [0.25, 0.3) is 5.56 Å². The molecule has 94 valence electrons. The van der Waals surface area contributed by atoms with E-state index < -0.39 is 0 Å². The van der Waals surface area contributed by atoms with Crippen molar-refractivity contribution in [3.8, 4) is 0 Å². The van der Waals surface area contributed by atoms with E-state index in [1.807, 2.05) is 26.0 Å². The van der Waals surface area contributed by atoms with Crippen LogP contribution >= 0.6 is 0 Å². The summed E-state index contributed by atoms with van der Waals surface area (Å²) in [5, 5.41) is 4.23. The van der Waals surface area contributed by atoms with E-state index in [9.17, 15) is 4.79 Å². The van der Waals surface area contributed by atoms with Gasteiger partial charge in [-0.25, -0.2) is 4.68 Å². The molecule has 4 nitrogen and oxygen atoms in total. The van der Waals surface area contributed by atoms with Crippen molar-refractivity contribution in [1.82, 2.24) is 9.78 Å². The van der Waals surface area contributed by atoms with Gasteiger partial charge in [-0.1, -0.05) is 18.2 Å². The maximum absolute atomic E-state index is 11.7. The third-order valence-electron chi connectivity index (χ3n) is 2.96. The number of hydrogen-bond acceptors (Lipinski definition) is 3. The lowest BCUT2D eigenvalue weighted by atomic mass is 10.1. The van der Waals surface area contributed by atoms with E-state index in [2.05, 4.69) is 11.2 Å². The first-order valence-electron chi connectivity index (χ1n) is 5.93. The minimum Gasteiger partial charge on any atom is -0.326 e. The van der Waals surface area contributed by atoms with Gasteiger partial charge in [-0.2, -0.15) is 5.10 Å². The van der Waals surface area contributed by atoms with Crippen molar-refractivity contribution in [1.29, 1.82) is 0 Å². The highest BCUT2D eigenvalue weighted by Gasteiger charge is 2.03. The van der Waals surface area contributed by atoms with Gasteiger partial charge in [0.15, 0.2) is 0 Å². The molecular weight excluding hydrogens is 226 g/mol. The molecule has 0 unspecified atom stereocenters. The Hall–Kier alpha value is -1.94. The highest BCUT2D eigenvalue weighted by atomic mass is 16.1. The van der Waals surface area contributed by atoms with Crippen molar-refractivity contribution in [2.45, 2.75) is 26.9 Å². The summed E-state index contributed by atoms with van der Waals surface area (Å²) in [7, 11) is 0. The largest absolute Gasteiger partial charge is 0.326 e. The Balaban J connectivity index is 2.34. The zero-order valence-electron chi connectivity index (χ0n) is 10.7. The minimum atomic E-state index is -0.0806. The van der Waals surface area contributed by atoms with Gasteiger partial charge >= 0.3 is 0 Å². The van der Waals surface area contributed by atoms with E-state index in [1.165, 1.54) is 4.68 Å². The molecule has 0 aliphatic carbocycles. The van der Waals surface area contributed by atoms with Crippen LogP contribution in [0.25, 0.3) is 0 Å². The van der Waals surface area contributed by atoms with E-state index in [0.717, 1.165) is 22.4 Å². The summed E-state index contributed by atoms with van der Waals surface area (Å²) < 4.78 is 1.49. The summed E-state index contributed by atoms with van der Waals surface area (Å²) >= 11 is 0. The summed E-state index contributed by atoms with van der Waals surface area (Å²) in [5.74, 6) is 0. The van der Waals surface area contributed by atoms with E-state index in [-0.39, 0.29) is 5.56 Å². The third-order valence-corrected chi connectivity index (χ3v) is 2.96. The Kier molecular flexibility index (Phi) is 3.58. The first-order chi connectivity index (χ1) is 8.60. The van der Waals surface area contributed by atoms with Crippen molar-refractivity contribution in [3.63, 3.8) is 0 Å². The second-order valence-corrected chi connectivity index (χ2v) is 4.44. The molecule has 1 heterocycles. The second kappa shape index (κ2) is 5.14. The Labute approximate surface area is 106 Å². The molecule has 18 heavy (non-hydrogen) atoms. The van der Waals surface area contributed by atoms with Crippen molar-refractivity contribution in [3.05, 3.63) is 63.1 Å². The molecule has 2 rings (SSSR count). The van der Waals surface area contributed by atoms with E-state index in [0.29, 0.717) is 13.1 Å². The number of aromatic nitrogens is 2. The molecule has 0 amide bonds. The lowest BCUT2D eigenvalue weighted by molar-refractivity contribution is 0.626. The predicted molar refractivity (Wildman–Crippen MR) is 71.4 cm³/mol. The van der Waals surface area contributed by atoms with E-state index in [1.54, 1.807) is 12.1 Å². The molecule has 2 N–H and O–H groups in total. The van der Waals surface area contributed by atoms with Crippen LogP contribution in [0.2, 0.25) is 0 Å². The summed E-state index contributed by atoms with van der Waals surface area (Å²) in [6.07, 6.45) is 0. The van der Waals surface area contributed by atoms with Crippen molar-refractivity contribution >= 4 is 0 Å². The summed E-state index contributed by atoms with van der Waals surface area (Å²) in [4.78, 5) is 11.7. The van der Waals surface area contributed by atoms with Gasteiger partial charge in [-0.05, 0) is 36.6 Å². The van der Waals surface area contributed by atoms with E-state index in [4.69, 9.17) is 5.73 Å². The molecule has 0 bridgehead atoms. The minimum absolute atomic E-state index is 0.0806.